The Morgan fingerprint density at radius 1 is 1.35 bits per heavy atom. The first-order valence-corrected chi connectivity index (χ1v) is 6.35. The van der Waals surface area contributed by atoms with E-state index in [4.69, 9.17) is 0 Å². The maximum atomic E-state index is 10.8. The van der Waals surface area contributed by atoms with Gasteiger partial charge in [0.15, 0.2) is 0 Å². The van der Waals surface area contributed by atoms with Crippen LogP contribution in [0.3, 0.4) is 0 Å². The lowest BCUT2D eigenvalue weighted by molar-refractivity contribution is -0.385. The van der Waals surface area contributed by atoms with Crippen molar-refractivity contribution in [3.05, 3.63) is 46.0 Å². The molecule has 0 saturated heterocycles. The topological polar surface area (TPSA) is 55.5 Å². The highest BCUT2D eigenvalue weighted by atomic mass is 32.2. The molecule has 17 heavy (non-hydrogen) atoms. The number of nitro benzene ring substituents is 1. The molecule has 5 heteroatoms. The van der Waals surface area contributed by atoms with E-state index in [1.165, 1.54) is 6.07 Å². The van der Waals surface area contributed by atoms with Gasteiger partial charge in [-0.15, -0.1) is 11.8 Å². The maximum Gasteiger partial charge on any atom is 0.276 e. The Balaban J connectivity index is 2.20. The van der Waals surface area contributed by atoms with Gasteiger partial charge in [0.1, 0.15) is 0 Å². The molecule has 4 nitrogen and oxygen atoms in total. The largest absolute Gasteiger partial charge is 0.278 e. The summed E-state index contributed by atoms with van der Waals surface area (Å²) < 4.78 is 0. The number of nitrogens with zero attached hydrogens (tertiary/aromatic N) is 2. The molecule has 0 saturated carbocycles. The lowest BCUT2D eigenvalue weighted by Gasteiger charge is -2.06. The van der Waals surface area contributed by atoms with Crippen LogP contribution in [0, 0.1) is 10.1 Å². The van der Waals surface area contributed by atoms with Crippen molar-refractivity contribution in [1.82, 2.24) is 0 Å². The Morgan fingerprint density at radius 3 is 2.88 bits per heavy atom. The lowest BCUT2D eigenvalue weighted by atomic mass is 10.1. The second kappa shape index (κ2) is 5.63. The monoisotopic (exact) mass is 248 g/mol. The van der Waals surface area contributed by atoms with Gasteiger partial charge in [-0.1, -0.05) is 12.1 Å². The van der Waals surface area contributed by atoms with E-state index in [2.05, 4.69) is 4.99 Å². The smallest absolute Gasteiger partial charge is 0.276 e. The standard InChI is InChI=1S/C12H12N2O2S/c15-14(16)11-5-2-1-4-10(11)6-7-12-13-8-3-9-17-12/h1-2,4-7H,3,8-9H2. The molecule has 0 atom stereocenters. The molecule has 0 N–H and O–H groups in total. The molecule has 0 aliphatic carbocycles. The minimum Gasteiger partial charge on any atom is -0.278 e. The second-order valence-electron chi connectivity index (χ2n) is 3.57. The highest BCUT2D eigenvalue weighted by Gasteiger charge is 2.09. The molecule has 0 fully saturated rings. The molecule has 88 valence electrons. The molecule has 1 aromatic carbocycles. The van der Waals surface area contributed by atoms with E-state index < -0.39 is 0 Å². The van der Waals surface area contributed by atoms with E-state index in [0.717, 1.165) is 23.8 Å². The molecule has 0 bridgehead atoms. The van der Waals surface area contributed by atoms with Crippen LogP contribution in [0.15, 0.2) is 35.3 Å². The fraction of sp³-hybridized carbons (Fsp3) is 0.250. The quantitative estimate of drug-likeness (QED) is 0.610. The third kappa shape index (κ3) is 3.17. The first kappa shape index (κ1) is 11.9. The predicted molar refractivity (Wildman–Crippen MR) is 71.5 cm³/mol. The van der Waals surface area contributed by atoms with Crippen molar-refractivity contribution in [3.8, 4) is 0 Å². The van der Waals surface area contributed by atoms with Crippen LogP contribution in [0.2, 0.25) is 0 Å². The molecule has 1 aliphatic heterocycles. The van der Waals surface area contributed by atoms with Crippen LogP contribution in [0.1, 0.15) is 12.0 Å². The summed E-state index contributed by atoms with van der Waals surface area (Å²) in [7, 11) is 0. The Labute approximate surface area is 104 Å². The summed E-state index contributed by atoms with van der Waals surface area (Å²) in [5.41, 5.74) is 0.747. The predicted octanol–water partition coefficient (Wildman–Crippen LogP) is 3.14. The zero-order valence-corrected chi connectivity index (χ0v) is 10.0. The zero-order valence-electron chi connectivity index (χ0n) is 9.20. The van der Waals surface area contributed by atoms with Crippen molar-refractivity contribution in [2.24, 2.45) is 4.99 Å². The highest BCUT2D eigenvalue weighted by molar-refractivity contribution is 8.14. The fourth-order valence-electron chi connectivity index (χ4n) is 1.53. The Kier molecular flexibility index (Phi) is 3.93. The summed E-state index contributed by atoms with van der Waals surface area (Å²) in [6, 6.07) is 6.71. The van der Waals surface area contributed by atoms with Crippen LogP contribution in [-0.2, 0) is 0 Å². The van der Waals surface area contributed by atoms with Gasteiger partial charge in [0.05, 0.1) is 15.5 Å². The van der Waals surface area contributed by atoms with Crippen LogP contribution in [0.5, 0.6) is 0 Å². The average molecular weight is 248 g/mol. The molecule has 1 aromatic rings. The normalized spacial score (nSPS) is 15.9. The molecule has 0 aromatic heterocycles. The van der Waals surface area contributed by atoms with E-state index in [1.807, 2.05) is 6.08 Å². The van der Waals surface area contributed by atoms with Crippen molar-refractivity contribution >= 4 is 28.6 Å². The van der Waals surface area contributed by atoms with E-state index >= 15 is 0 Å². The van der Waals surface area contributed by atoms with Gasteiger partial charge in [-0.2, -0.15) is 0 Å². The summed E-state index contributed by atoms with van der Waals surface area (Å²) in [5.74, 6) is 1.07. The molecule has 0 amide bonds. The summed E-state index contributed by atoms with van der Waals surface area (Å²) >= 11 is 1.69. The molecule has 0 radical (unpaired) electrons. The summed E-state index contributed by atoms with van der Waals surface area (Å²) in [5, 5.41) is 11.8. The van der Waals surface area contributed by atoms with Crippen molar-refractivity contribution in [1.29, 1.82) is 0 Å². The summed E-state index contributed by atoms with van der Waals surface area (Å²) in [6.07, 6.45) is 4.72. The van der Waals surface area contributed by atoms with Crippen molar-refractivity contribution < 1.29 is 4.92 Å². The van der Waals surface area contributed by atoms with Gasteiger partial charge in [-0.25, -0.2) is 0 Å². The third-order valence-corrected chi connectivity index (χ3v) is 3.41. The Hall–Kier alpha value is -1.62. The van der Waals surface area contributed by atoms with Crippen LogP contribution in [0.4, 0.5) is 5.69 Å². The highest BCUT2D eigenvalue weighted by Crippen LogP contribution is 2.20. The van der Waals surface area contributed by atoms with E-state index in [1.54, 1.807) is 36.0 Å². The average Bonchev–Trinajstić information content (AvgIpc) is 2.38. The first-order chi connectivity index (χ1) is 8.27. The number of hydrogen-bond donors (Lipinski definition) is 0. The van der Waals surface area contributed by atoms with Gasteiger partial charge >= 0.3 is 0 Å². The number of thioether (sulfide) groups is 1. The second-order valence-corrected chi connectivity index (χ2v) is 4.69. The Bertz CT molecular complexity index is 483. The Morgan fingerprint density at radius 2 is 2.18 bits per heavy atom. The molecular formula is C12H12N2O2S. The first-order valence-electron chi connectivity index (χ1n) is 5.36. The number of rotatable bonds is 3. The minimum atomic E-state index is -0.366. The molecule has 0 spiro atoms. The minimum absolute atomic E-state index is 0.130. The van der Waals surface area contributed by atoms with Crippen molar-refractivity contribution in [3.63, 3.8) is 0 Å². The van der Waals surface area contributed by atoms with Crippen molar-refractivity contribution in [2.75, 3.05) is 12.3 Å². The summed E-state index contributed by atoms with van der Waals surface area (Å²) in [6.45, 7) is 0.851. The molecule has 0 unspecified atom stereocenters. The van der Waals surface area contributed by atoms with Gasteiger partial charge < -0.3 is 0 Å². The molecule has 1 heterocycles. The van der Waals surface area contributed by atoms with Gasteiger partial charge in [-0.3, -0.25) is 15.1 Å². The van der Waals surface area contributed by atoms with E-state index in [9.17, 15) is 10.1 Å². The van der Waals surface area contributed by atoms with E-state index in [-0.39, 0.29) is 10.6 Å². The van der Waals surface area contributed by atoms with Crippen LogP contribution >= 0.6 is 11.8 Å². The summed E-state index contributed by atoms with van der Waals surface area (Å²) in [4.78, 5) is 14.8. The number of benzene rings is 1. The van der Waals surface area contributed by atoms with Gasteiger partial charge in [0.2, 0.25) is 0 Å². The van der Waals surface area contributed by atoms with Crippen LogP contribution in [0.25, 0.3) is 6.08 Å². The van der Waals surface area contributed by atoms with Gasteiger partial charge in [0, 0.05) is 18.4 Å². The molecule has 1 aliphatic rings. The zero-order chi connectivity index (χ0) is 12.1. The SMILES string of the molecule is O=[N+]([O-])c1ccccc1C=CC1=NCCCS1. The van der Waals surface area contributed by atoms with Crippen molar-refractivity contribution in [2.45, 2.75) is 6.42 Å². The molecule has 2 rings (SSSR count). The number of nitro groups is 1. The molecular weight excluding hydrogens is 236 g/mol. The third-order valence-electron chi connectivity index (χ3n) is 2.36. The number of hydrogen-bond acceptors (Lipinski definition) is 4. The number of para-hydroxylation sites is 1. The number of aliphatic imine (C=N–C) groups is 1. The maximum absolute atomic E-state index is 10.8. The van der Waals surface area contributed by atoms with Crippen LogP contribution in [-0.4, -0.2) is 22.3 Å². The van der Waals surface area contributed by atoms with Gasteiger partial charge in [0.25, 0.3) is 5.69 Å². The van der Waals surface area contributed by atoms with Gasteiger partial charge in [-0.05, 0) is 24.6 Å². The fourth-order valence-corrected chi connectivity index (χ4v) is 2.36. The lowest BCUT2D eigenvalue weighted by Crippen LogP contribution is -2.00. The van der Waals surface area contributed by atoms with Crippen LogP contribution < -0.4 is 0 Å². The van der Waals surface area contributed by atoms with E-state index in [0.29, 0.717) is 5.56 Å².